The Morgan fingerprint density at radius 1 is 1.24 bits per heavy atom. The lowest BCUT2D eigenvalue weighted by Gasteiger charge is -2.32. The van der Waals surface area contributed by atoms with Crippen molar-refractivity contribution in [3.8, 4) is 0 Å². The van der Waals surface area contributed by atoms with E-state index in [0.29, 0.717) is 13.1 Å². The zero-order valence-electron chi connectivity index (χ0n) is 14.3. The number of amides is 2. The Morgan fingerprint density at radius 3 is 2.44 bits per heavy atom. The number of piperidine rings is 1. The van der Waals surface area contributed by atoms with Crippen LogP contribution in [0.2, 0.25) is 5.02 Å². The van der Waals surface area contributed by atoms with Gasteiger partial charge in [-0.3, -0.25) is 19.7 Å². The smallest absolute Gasteiger partial charge is 0.288 e. The monoisotopic (exact) mass is 367 g/mol. The van der Waals surface area contributed by atoms with Crippen LogP contribution in [0.25, 0.3) is 0 Å². The van der Waals surface area contributed by atoms with Crippen molar-refractivity contribution < 1.29 is 14.5 Å². The lowest BCUT2D eigenvalue weighted by molar-refractivity contribution is -0.384. The van der Waals surface area contributed by atoms with Gasteiger partial charge in [0.25, 0.3) is 11.6 Å². The Morgan fingerprint density at radius 2 is 1.88 bits per heavy atom. The first-order valence-corrected chi connectivity index (χ1v) is 8.72. The molecule has 2 rings (SSSR count). The van der Waals surface area contributed by atoms with E-state index in [1.54, 1.807) is 4.90 Å². The lowest BCUT2D eigenvalue weighted by Crippen LogP contribution is -2.52. The van der Waals surface area contributed by atoms with E-state index in [0.717, 1.165) is 25.3 Å². The summed E-state index contributed by atoms with van der Waals surface area (Å²) in [5.41, 5.74) is -0.231. The van der Waals surface area contributed by atoms with Crippen LogP contribution in [0, 0.1) is 16.0 Å². The van der Waals surface area contributed by atoms with Crippen molar-refractivity contribution in [2.24, 2.45) is 5.92 Å². The van der Waals surface area contributed by atoms with Gasteiger partial charge in [-0.2, -0.15) is 0 Å². The number of nitrogens with zero attached hydrogens (tertiary/aromatic N) is 2. The number of hydrogen-bond donors (Lipinski definition) is 1. The maximum absolute atomic E-state index is 12.7. The summed E-state index contributed by atoms with van der Waals surface area (Å²) in [4.78, 5) is 37.3. The third kappa shape index (κ3) is 4.69. The summed E-state index contributed by atoms with van der Waals surface area (Å²) in [5, 5.41) is 13.7. The van der Waals surface area contributed by atoms with Crippen molar-refractivity contribution >= 4 is 29.1 Å². The molecule has 0 aromatic heterocycles. The van der Waals surface area contributed by atoms with Crippen LogP contribution < -0.4 is 5.32 Å². The molecule has 0 radical (unpaired) electrons. The number of nitro benzene ring substituents is 1. The van der Waals surface area contributed by atoms with Gasteiger partial charge in [-0.25, -0.2) is 0 Å². The van der Waals surface area contributed by atoms with Gasteiger partial charge in [0.2, 0.25) is 5.91 Å². The molecule has 1 aliphatic heterocycles. The van der Waals surface area contributed by atoms with Gasteiger partial charge < -0.3 is 10.2 Å². The summed E-state index contributed by atoms with van der Waals surface area (Å²) in [5.74, 6) is -0.726. The number of benzene rings is 1. The highest BCUT2D eigenvalue weighted by Crippen LogP contribution is 2.25. The summed E-state index contributed by atoms with van der Waals surface area (Å²) in [7, 11) is 0. The third-order valence-corrected chi connectivity index (χ3v) is 4.61. The summed E-state index contributed by atoms with van der Waals surface area (Å²) < 4.78 is 0. The Balaban J connectivity index is 2.16. The largest absolute Gasteiger partial charge is 0.341 e. The summed E-state index contributed by atoms with van der Waals surface area (Å²) >= 11 is 5.77. The molecule has 0 spiro atoms. The second-order valence-electron chi connectivity index (χ2n) is 6.50. The van der Waals surface area contributed by atoms with Gasteiger partial charge in [-0.15, -0.1) is 0 Å². The van der Waals surface area contributed by atoms with E-state index >= 15 is 0 Å². The number of nitrogens with one attached hydrogen (secondary N) is 1. The molecule has 2 amide bonds. The Hall–Kier alpha value is -2.15. The first kappa shape index (κ1) is 19.2. The van der Waals surface area contributed by atoms with Crippen molar-refractivity contribution in [1.29, 1.82) is 0 Å². The highest BCUT2D eigenvalue weighted by atomic mass is 35.5. The minimum Gasteiger partial charge on any atom is -0.341 e. The average Bonchev–Trinajstić information content (AvgIpc) is 2.59. The fraction of sp³-hybridized carbons (Fsp3) is 0.529. The second kappa shape index (κ2) is 8.29. The van der Waals surface area contributed by atoms with Gasteiger partial charge in [0.15, 0.2) is 0 Å². The zero-order valence-corrected chi connectivity index (χ0v) is 15.1. The maximum atomic E-state index is 12.7. The predicted molar refractivity (Wildman–Crippen MR) is 94.6 cm³/mol. The van der Waals surface area contributed by atoms with Crippen LogP contribution in [0.5, 0.6) is 0 Å². The quantitative estimate of drug-likeness (QED) is 0.639. The van der Waals surface area contributed by atoms with Crippen LogP contribution in [-0.4, -0.2) is 40.8 Å². The molecule has 1 atom stereocenters. The molecule has 25 heavy (non-hydrogen) atoms. The van der Waals surface area contributed by atoms with Crippen molar-refractivity contribution in [2.45, 2.75) is 39.2 Å². The van der Waals surface area contributed by atoms with E-state index in [1.165, 1.54) is 12.1 Å². The zero-order chi connectivity index (χ0) is 18.6. The topological polar surface area (TPSA) is 92.5 Å². The van der Waals surface area contributed by atoms with Crippen LogP contribution in [0.15, 0.2) is 18.2 Å². The molecule has 1 N–H and O–H groups in total. The van der Waals surface area contributed by atoms with Crippen molar-refractivity contribution in [3.63, 3.8) is 0 Å². The van der Waals surface area contributed by atoms with E-state index in [2.05, 4.69) is 5.32 Å². The van der Waals surface area contributed by atoms with Gasteiger partial charge in [0.1, 0.15) is 11.1 Å². The van der Waals surface area contributed by atoms with Crippen LogP contribution in [-0.2, 0) is 4.79 Å². The van der Waals surface area contributed by atoms with Gasteiger partial charge >= 0.3 is 0 Å². The van der Waals surface area contributed by atoms with E-state index < -0.39 is 16.9 Å². The van der Waals surface area contributed by atoms with E-state index in [1.807, 2.05) is 13.8 Å². The van der Waals surface area contributed by atoms with Crippen LogP contribution >= 0.6 is 11.6 Å². The van der Waals surface area contributed by atoms with Crippen molar-refractivity contribution in [1.82, 2.24) is 10.2 Å². The second-order valence-corrected chi connectivity index (χ2v) is 6.91. The summed E-state index contributed by atoms with van der Waals surface area (Å²) in [6.45, 7) is 5.11. The molecule has 8 heteroatoms. The van der Waals surface area contributed by atoms with Gasteiger partial charge in [0.05, 0.1) is 4.92 Å². The Labute approximate surface area is 151 Å². The maximum Gasteiger partial charge on any atom is 0.288 e. The molecule has 1 heterocycles. The molecule has 0 unspecified atom stereocenters. The van der Waals surface area contributed by atoms with Gasteiger partial charge in [0, 0.05) is 24.7 Å². The number of nitro groups is 1. The van der Waals surface area contributed by atoms with E-state index in [9.17, 15) is 19.7 Å². The fourth-order valence-electron chi connectivity index (χ4n) is 2.84. The molecule has 0 bridgehead atoms. The van der Waals surface area contributed by atoms with Crippen molar-refractivity contribution in [3.05, 3.63) is 38.9 Å². The molecular weight excluding hydrogens is 346 g/mol. The first-order valence-electron chi connectivity index (χ1n) is 8.35. The molecule has 1 saturated heterocycles. The number of carbonyl (C=O) groups is 2. The first-order chi connectivity index (χ1) is 11.8. The molecule has 0 aliphatic carbocycles. The minimum atomic E-state index is -0.666. The molecule has 1 aromatic rings. The fourth-order valence-corrected chi connectivity index (χ4v) is 3.03. The third-order valence-electron chi connectivity index (χ3n) is 4.29. The number of carbonyl (C=O) groups excluding carboxylic acids is 2. The highest BCUT2D eigenvalue weighted by Gasteiger charge is 2.30. The normalized spacial score (nSPS) is 15.8. The van der Waals surface area contributed by atoms with Crippen molar-refractivity contribution in [2.75, 3.05) is 13.1 Å². The lowest BCUT2D eigenvalue weighted by atomic mass is 10.0. The molecular formula is C17H22ClN3O4. The Kier molecular flexibility index (Phi) is 6.36. The van der Waals surface area contributed by atoms with Gasteiger partial charge in [-0.05, 0) is 37.3 Å². The summed E-state index contributed by atoms with van der Waals surface area (Å²) in [6.07, 6.45) is 3.04. The molecule has 0 saturated carbocycles. The SMILES string of the molecule is CC(C)[C@H](NC(=O)c1ccc(Cl)c([N+](=O)[O-])c1)C(=O)N1CCCCC1. The van der Waals surface area contributed by atoms with E-state index in [-0.39, 0.29) is 28.1 Å². The average molecular weight is 368 g/mol. The molecule has 136 valence electrons. The number of rotatable bonds is 5. The van der Waals surface area contributed by atoms with Crippen LogP contribution in [0.4, 0.5) is 5.69 Å². The predicted octanol–water partition coefficient (Wildman–Crippen LogP) is 3.02. The molecule has 1 aromatic carbocycles. The molecule has 7 nitrogen and oxygen atoms in total. The van der Waals surface area contributed by atoms with Gasteiger partial charge in [-0.1, -0.05) is 25.4 Å². The standard InChI is InChI=1S/C17H22ClN3O4/c1-11(2)15(17(23)20-8-4-3-5-9-20)19-16(22)12-6-7-13(18)14(10-12)21(24)25/h6-7,10-11,15H,3-5,8-9H2,1-2H3,(H,19,22)/t15-/m0/s1. The number of halogens is 1. The minimum absolute atomic E-state index is 0.0358. The van der Waals surface area contributed by atoms with E-state index in [4.69, 9.17) is 11.6 Å². The number of hydrogen-bond acceptors (Lipinski definition) is 4. The summed E-state index contributed by atoms with van der Waals surface area (Å²) in [6, 6.07) is 3.18. The Bertz CT molecular complexity index is 672. The molecule has 1 aliphatic rings. The highest BCUT2D eigenvalue weighted by molar-refractivity contribution is 6.32. The van der Waals surface area contributed by atoms with Crippen LogP contribution in [0.1, 0.15) is 43.5 Å². The number of likely N-dealkylation sites (tertiary alicyclic amines) is 1. The molecule has 1 fully saturated rings. The van der Waals surface area contributed by atoms with Crippen LogP contribution in [0.3, 0.4) is 0 Å².